The fourth-order valence-electron chi connectivity index (χ4n) is 3.11. The van der Waals surface area contributed by atoms with Crippen molar-refractivity contribution in [3.8, 4) is 0 Å². The second kappa shape index (κ2) is 8.12. The van der Waals surface area contributed by atoms with Gasteiger partial charge in [-0.25, -0.2) is 0 Å². The molecular formula is C20H19ClF3NO. The zero-order valence-electron chi connectivity index (χ0n) is 14.1. The predicted octanol–water partition coefficient (Wildman–Crippen LogP) is 6.46. The Hall–Kier alpha value is -2.01. The van der Waals surface area contributed by atoms with E-state index in [1.54, 1.807) is 30.3 Å². The van der Waals surface area contributed by atoms with Gasteiger partial charge in [-0.05, 0) is 43.9 Å². The van der Waals surface area contributed by atoms with Gasteiger partial charge in [0, 0.05) is 16.1 Å². The molecule has 1 aliphatic rings. The molecule has 0 spiro atoms. The van der Waals surface area contributed by atoms with E-state index in [-0.39, 0.29) is 22.4 Å². The van der Waals surface area contributed by atoms with Crippen LogP contribution in [0.4, 0.5) is 13.2 Å². The summed E-state index contributed by atoms with van der Waals surface area (Å²) in [4.78, 5) is 5.64. The van der Waals surface area contributed by atoms with Crippen LogP contribution in [-0.2, 0) is 11.0 Å². The number of rotatable bonds is 4. The van der Waals surface area contributed by atoms with Crippen molar-refractivity contribution in [2.75, 3.05) is 0 Å². The van der Waals surface area contributed by atoms with Crippen LogP contribution in [0.2, 0.25) is 5.02 Å². The number of hydrogen-bond donors (Lipinski definition) is 0. The molecule has 0 heterocycles. The molecule has 1 fully saturated rings. The molecule has 0 saturated heterocycles. The van der Waals surface area contributed by atoms with Crippen LogP contribution in [0.15, 0.2) is 53.7 Å². The van der Waals surface area contributed by atoms with Gasteiger partial charge in [-0.15, -0.1) is 0 Å². The van der Waals surface area contributed by atoms with Crippen molar-refractivity contribution in [2.24, 2.45) is 5.16 Å². The van der Waals surface area contributed by atoms with Gasteiger partial charge in [0.15, 0.2) is 0 Å². The smallest absolute Gasteiger partial charge is 0.392 e. The largest absolute Gasteiger partial charge is 0.417 e. The highest BCUT2D eigenvalue weighted by Crippen LogP contribution is 2.35. The van der Waals surface area contributed by atoms with E-state index in [4.69, 9.17) is 16.4 Å². The summed E-state index contributed by atoms with van der Waals surface area (Å²) in [6, 6.07) is 12.2. The van der Waals surface area contributed by atoms with E-state index in [9.17, 15) is 13.2 Å². The second-order valence-corrected chi connectivity index (χ2v) is 6.80. The standard InChI is InChI=1S/C20H19ClF3NO/c21-15-11-12-18(20(22,23)24)17(13-15)19(14-7-3-1-4-8-14)25-26-16-9-5-2-6-10-16/h1,3-4,7-8,11-13,16H,2,5-6,9-10H2/b25-19+. The summed E-state index contributed by atoms with van der Waals surface area (Å²) in [5.74, 6) is 0. The Bertz CT molecular complexity index is 768. The Kier molecular flexibility index (Phi) is 5.87. The summed E-state index contributed by atoms with van der Waals surface area (Å²) in [6.45, 7) is 0. The van der Waals surface area contributed by atoms with E-state index < -0.39 is 11.7 Å². The van der Waals surface area contributed by atoms with Crippen molar-refractivity contribution >= 4 is 17.3 Å². The third kappa shape index (κ3) is 4.58. The van der Waals surface area contributed by atoms with Crippen LogP contribution < -0.4 is 0 Å². The summed E-state index contributed by atoms with van der Waals surface area (Å²) in [5, 5.41) is 4.38. The molecule has 0 amide bonds. The van der Waals surface area contributed by atoms with E-state index in [0.29, 0.717) is 5.56 Å². The van der Waals surface area contributed by atoms with Gasteiger partial charge in [-0.2, -0.15) is 13.2 Å². The maximum Gasteiger partial charge on any atom is 0.417 e. The first kappa shape index (κ1) is 18.8. The lowest BCUT2D eigenvalue weighted by molar-refractivity contribution is -0.137. The van der Waals surface area contributed by atoms with Gasteiger partial charge in [0.05, 0.1) is 5.56 Å². The van der Waals surface area contributed by atoms with Crippen molar-refractivity contribution < 1.29 is 18.0 Å². The average molecular weight is 382 g/mol. The normalized spacial score (nSPS) is 16.5. The first-order valence-corrected chi connectivity index (χ1v) is 8.99. The third-order valence-electron chi connectivity index (χ3n) is 4.43. The quantitative estimate of drug-likeness (QED) is 0.440. The Morgan fingerprint density at radius 3 is 2.35 bits per heavy atom. The van der Waals surface area contributed by atoms with Crippen molar-refractivity contribution in [3.63, 3.8) is 0 Å². The summed E-state index contributed by atoms with van der Waals surface area (Å²) < 4.78 is 40.5. The molecule has 0 aromatic heterocycles. The zero-order chi connectivity index (χ0) is 18.6. The lowest BCUT2D eigenvalue weighted by atomic mass is 9.97. The molecule has 0 bridgehead atoms. The lowest BCUT2D eigenvalue weighted by Gasteiger charge is -2.21. The van der Waals surface area contributed by atoms with Crippen LogP contribution >= 0.6 is 11.6 Å². The third-order valence-corrected chi connectivity index (χ3v) is 4.67. The molecule has 6 heteroatoms. The molecule has 0 N–H and O–H groups in total. The Morgan fingerprint density at radius 1 is 1.00 bits per heavy atom. The fraction of sp³-hybridized carbons (Fsp3) is 0.350. The van der Waals surface area contributed by atoms with Gasteiger partial charge in [0.2, 0.25) is 0 Å². The predicted molar refractivity (Wildman–Crippen MR) is 96.5 cm³/mol. The number of alkyl halides is 3. The van der Waals surface area contributed by atoms with Crippen molar-refractivity contribution in [3.05, 3.63) is 70.2 Å². The summed E-state index contributed by atoms with van der Waals surface area (Å²) in [7, 11) is 0. The van der Waals surface area contributed by atoms with Crippen LogP contribution in [0.3, 0.4) is 0 Å². The highest BCUT2D eigenvalue weighted by atomic mass is 35.5. The maximum atomic E-state index is 13.5. The lowest BCUT2D eigenvalue weighted by Crippen LogP contribution is -2.18. The number of halogens is 4. The molecule has 1 saturated carbocycles. The Balaban J connectivity index is 2.05. The minimum absolute atomic E-state index is 0.0593. The van der Waals surface area contributed by atoms with Gasteiger partial charge >= 0.3 is 6.18 Å². The van der Waals surface area contributed by atoms with Gasteiger partial charge in [0.1, 0.15) is 11.8 Å². The minimum Gasteiger partial charge on any atom is -0.392 e. The van der Waals surface area contributed by atoms with Crippen LogP contribution in [0.5, 0.6) is 0 Å². The molecule has 2 nitrogen and oxygen atoms in total. The number of nitrogens with zero attached hydrogens (tertiary/aromatic N) is 1. The SMILES string of the molecule is FC(F)(F)c1ccc(Cl)cc1/C(=N/OC1CCCCC1)c1ccccc1. The molecule has 138 valence electrons. The fourth-order valence-corrected chi connectivity index (χ4v) is 3.28. The second-order valence-electron chi connectivity index (χ2n) is 6.36. The van der Waals surface area contributed by atoms with Crippen molar-refractivity contribution in [1.29, 1.82) is 0 Å². The molecule has 2 aromatic carbocycles. The van der Waals surface area contributed by atoms with Crippen molar-refractivity contribution in [2.45, 2.75) is 44.4 Å². The van der Waals surface area contributed by atoms with E-state index in [1.165, 1.54) is 12.1 Å². The molecule has 3 rings (SSSR count). The van der Waals surface area contributed by atoms with Crippen LogP contribution in [0.1, 0.15) is 48.8 Å². The summed E-state index contributed by atoms with van der Waals surface area (Å²) >= 11 is 5.98. The van der Waals surface area contributed by atoms with Gasteiger partial charge in [-0.3, -0.25) is 0 Å². The van der Waals surface area contributed by atoms with Gasteiger partial charge in [0.25, 0.3) is 0 Å². The molecule has 0 aliphatic heterocycles. The molecule has 0 radical (unpaired) electrons. The number of benzene rings is 2. The topological polar surface area (TPSA) is 21.6 Å². The first-order chi connectivity index (χ1) is 12.4. The van der Waals surface area contributed by atoms with Gasteiger partial charge < -0.3 is 4.84 Å². The Morgan fingerprint density at radius 2 is 1.69 bits per heavy atom. The molecule has 26 heavy (non-hydrogen) atoms. The van der Waals surface area contributed by atoms with Crippen molar-refractivity contribution in [1.82, 2.24) is 0 Å². The summed E-state index contributed by atoms with van der Waals surface area (Å²) in [5.41, 5.74) is -0.161. The molecule has 1 aliphatic carbocycles. The first-order valence-electron chi connectivity index (χ1n) is 8.61. The van der Waals surface area contributed by atoms with E-state index in [0.717, 1.165) is 38.2 Å². The van der Waals surface area contributed by atoms with Gasteiger partial charge in [-0.1, -0.05) is 53.5 Å². The zero-order valence-corrected chi connectivity index (χ0v) is 14.9. The monoisotopic (exact) mass is 381 g/mol. The average Bonchev–Trinajstić information content (AvgIpc) is 2.63. The maximum absolute atomic E-state index is 13.5. The van der Waals surface area contributed by atoms with Crippen LogP contribution in [0, 0.1) is 0 Å². The van der Waals surface area contributed by atoms with Crippen LogP contribution in [0.25, 0.3) is 0 Å². The van der Waals surface area contributed by atoms with E-state index in [2.05, 4.69) is 5.16 Å². The minimum atomic E-state index is -4.51. The summed E-state index contributed by atoms with van der Waals surface area (Å²) in [6.07, 6.45) is 0.413. The molecule has 0 unspecified atom stereocenters. The Labute approximate surface area is 155 Å². The number of hydrogen-bond acceptors (Lipinski definition) is 2. The highest BCUT2D eigenvalue weighted by molar-refractivity contribution is 6.31. The number of oxime groups is 1. The highest BCUT2D eigenvalue weighted by Gasteiger charge is 2.35. The van der Waals surface area contributed by atoms with Crippen LogP contribution in [-0.4, -0.2) is 11.8 Å². The molecular weight excluding hydrogens is 363 g/mol. The van der Waals surface area contributed by atoms with E-state index in [1.807, 2.05) is 0 Å². The van der Waals surface area contributed by atoms with E-state index >= 15 is 0 Å². The molecule has 0 atom stereocenters. The molecule has 2 aromatic rings.